The summed E-state index contributed by atoms with van der Waals surface area (Å²) in [5.41, 5.74) is 9.97. The third-order valence-corrected chi connectivity index (χ3v) is 9.56. The van der Waals surface area contributed by atoms with Crippen LogP contribution in [-0.4, -0.2) is 78.2 Å². The number of fused-ring (bicyclic) bond motifs is 1. The number of nitrogens with one attached hydrogen (secondary N) is 1. The number of aromatic nitrogens is 1. The van der Waals surface area contributed by atoms with Crippen molar-refractivity contribution in [3.05, 3.63) is 59.8 Å². The summed E-state index contributed by atoms with van der Waals surface area (Å²) in [5.74, 6) is -0.140. The zero-order valence-corrected chi connectivity index (χ0v) is 21.2. The average molecular weight is 511 g/mol. The van der Waals surface area contributed by atoms with Crippen molar-refractivity contribution in [2.75, 3.05) is 38.5 Å². The molecule has 192 valence electrons. The number of aliphatic hydroxyl groups is 1. The van der Waals surface area contributed by atoms with Gasteiger partial charge in [0.05, 0.1) is 22.9 Å². The molecule has 0 aliphatic carbocycles. The number of benzene rings is 2. The first-order valence-electron chi connectivity index (χ1n) is 12.7. The molecule has 1 amide bonds. The van der Waals surface area contributed by atoms with Crippen LogP contribution in [0.1, 0.15) is 47.5 Å². The lowest BCUT2D eigenvalue weighted by Gasteiger charge is -2.31. The number of amides is 1. The van der Waals surface area contributed by atoms with Crippen LogP contribution < -0.4 is 5.73 Å². The van der Waals surface area contributed by atoms with Crippen molar-refractivity contribution >= 4 is 26.8 Å². The van der Waals surface area contributed by atoms with E-state index < -0.39 is 15.9 Å². The van der Waals surface area contributed by atoms with Crippen LogP contribution in [-0.2, 0) is 10.0 Å². The number of primary amides is 1. The largest absolute Gasteiger partial charge is 0.392 e. The smallest absolute Gasteiger partial charge is 0.250 e. The Kier molecular flexibility index (Phi) is 7.16. The number of carbonyl (C=O) groups is 1. The maximum Gasteiger partial charge on any atom is 0.250 e. The minimum Gasteiger partial charge on any atom is -0.392 e. The number of nitrogens with zero attached hydrogens (tertiary/aromatic N) is 2. The molecule has 9 heteroatoms. The molecule has 8 nitrogen and oxygen atoms in total. The molecule has 36 heavy (non-hydrogen) atoms. The number of hydrogen-bond donors (Lipinski definition) is 3. The fourth-order valence-electron chi connectivity index (χ4n) is 5.64. The lowest BCUT2D eigenvalue weighted by atomic mass is 9.88. The Balaban J connectivity index is 1.29. The number of nitrogens with two attached hydrogens (primary N) is 1. The Labute approximate surface area is 212 Å². The van der Waals surface area contributed by atoms with E-state index in [1.165, 1.54) is 0 Å². The van der Waals surface area contributed by atoms with Crippen LogP contribution in [0.3, 0.4) is 0 Å². The zero-order valence-electron chi connectivity index (χ0n) is 20.4. The molecule has 0 bridgehead atoms. The zero-order chi connectivity index (χ0) is 25.3. The number of carbonyl (C=O) groups excluding carboxylic acids is 1. The minimum absolute atomic E-state index is 0.139. The van der Waals surface area contributed by atoms with Crippen LogP contribution in [0.5, 0.6) is 0 Å². The van der Waals surface area contributed by atoms with Gasteiger partial charge in [-0.3, -0.25) is 4.79 Å². The summed E-state index contributed by atoms with van der Waals surface area (Å²) >= 11 is 0. The Morgan fingerprint density at radius 1 is 1.06 bits per heavy atom. The van der Waals surface area contributed by atoms with E-state index in [1.807, 2.05) is 42.6 Å². The molecule has 2 saturated heterocycles. The number of likely N-dealkylation sites (tertiary alicyclic amines) is 1. The predicted molar refractivity (Wildman–Crippen MR) is 141 cm³/mol. The van der Waals surface area contributed by atoms with Crippen molar-refractivity contribution in [2.45, 2.75) is 37.7 Å². The van der Waals surface area contributed by atoms with Gasteiger partial charge < -0.3 is 20.7 Å². The molecule has 4 N–H and O–H groups in total. The van der Waals surface area contributed by atoms with Crippen LogP contribution in [0.4, 0.5) is 0 Å². The molecule has 0 saturated carbocycles. The highest BCUT2D eigenvalue weighted by Crippen LogP contribution is 2.37. The van der Waals surface area contributed by atoms with Gasteiger partial charge in [-0.1, -0.05) is 30.3 Å². The number of hydrogen-bond acceptors (Lipinski definition) is 5. The van der Waals surface area contributed by atoms with Crippen molar-refractivity contribution in [1.29, 1.82) is 0 Å². The van der Waals surface area contributed by atoms with Crippen LogP contribution in [0.25, 0.3) is 22.0 Å². The standard InChI is InChI=1S/C27H34N4O4S/c28-27(33)24-16-21(19-5-2-1-3-6-19)15-23-25(17-29-26(23)24)20-7-12-31(13-8-20)36(34,35)14-4-10-30-11-9-22(32)18-30/h1-3,5-6,15-17,20,22,29,32H,4,7-14,18H2,(H2,28,33). The van der Waals surface area contributed by atoms with Gasteiger partial charge in [0.1, 0.15) is 0 Å². The maximum atomic E-state index is 13.0. The molecule has 2 aliphatic rings. The summed E-state index contributed by atoms with van der Waals surface area (Å²) < 4.78 is 27.5. The Morgan fingerprint density at radius 2 is 1.81 bits per heavy atom. The first-order valence-corrected chi connectivity index (χ1v) is 14.3. The minimum atomic E-state index is -3.31. The number of aromatic amines is 1. The normalized spacial score (nSPS) is 20.3. The summed E-state index contributed by atoms with van der Waals surface area (Å²) in [4.78, 5) is 17.6. The number of rotatable bonds is 8. The van der Waals surface area contributed by atoms with Gasteiger partial charge in [0.25, 0.3) is 5.91 Å². The molecule has 3 aromatic rings. The number of aliphatic hydroxyl groups excluding tert-OH is 1. The fourth-order valence-corrected chi connectivity index (χ4v) is 7.16. The van der Waals surface area contributed by atoms with Gasteiger partial charge in [-0.15, -0.1) is 0 Å². The molecule has 0 spiro atoms. The van der Waals surface area contributed by atoms with Crippen LogP contribution >= 0.6 is 0 Å². The molecule has 2 fully saturated rings. The van der Waals surface area contributed by atoms with Gasteiger partial charge in [-0.25, -0.2) is 12.7 Å². The summed E-state index contributed by atoms with van der Waals surface area (Å²) in [5, 5.41) is 10.6. The summed E-state index contributed by atoms with van der Waals surface area (Å²) in [6.45, 7) is 3.15. The number of H-pyrrole nitrogens is 1. The van der Waals surface area contributed by atoms with E-state index in [0.29, 0.717) is 38.2 Å². The van der Waals surface area contributed by atoms with E-state index in [1.54, 1.807) is 4.31 Å². The highest BCUT2D eigenvalue weighted by Gasteiger charge is 2.30. The van der Waals surface area contributed by atoms with Crippen molar-refractivity contribution in [3.63, 3.8) is 0 Å². The summed E-state index contributed by atoms with van der Waals surface area (Å²) in [7, 11) is -3.31. The average Bonchev–Trinajstić information content (AvgIpc) is 3.49. The quantitative estimate of drug-likeness (QED) is 0.430. The van der Waals surface area contributed by atoms with Gasteiger partial charge in [0, 0.05) is 37.8 Å². The second-order valence-electron chi connectivity index (χ2n) is 10.0. The fraction of sp³-hybridized carbons (Fsp3) is 0.444. The lowest BCUT2D eigenvalue weighted by Crippen LogP contribution is -2.39. The highest BCUT2D eigenvalue weighted by molar-refractivity contribution is 7.89. The molecule has 1 aromatic heterocycles. The monoisotopic (exact) mass is 510 g/mol. The highest BCUT2D eigenvalue weighted by atomic mass is 32.2. The second-order valence-corrected chi connectivity index (χ2v) is 12.1. The molecule has 3 heterocycles. The van der Waals surface area contributed by atoms with E-state index in [9.17, 15) is 18.3 Å². The van der Waals surface area contributed by atoms with E-state index >= 15 is 0 Å². The van der Waals surface area contributed by atoms with Crippen molar-refractivity contribution in [1.82, 2.24) is 14.2 Å². The van der Waals surface area contributed by atoms with E-state index in [4.69, 9.17) is 5.73 Å². The van der Waals surface area contributed by atoms with Gasteiger partial charge in [0.15, 0.2) is 0 Å². The Hall–Kier alpha value is -2.72. The van der Waals surface area contributed by atoms with E-state index in [0.717, 1.165) is 53.4 Å². The summed E-state index contributed by atoms with van der Waals surface area (Å²) in [6.07, 6.45) is 4.47. The first-order chi connectivity index (χ1) is 17.3. The summed E-state index contributed by atoms with van der Waals surface area (Å²) in [6, 6.07) is 13.8. The third-order valence-electron chi connectivity index (χ3n) is 7.61. The number of piperidine rings is 1. The topological polar surface area (TPSA) is 120 Å². The van der Waals surface area contributed by atoms with Gasteiger partial charge in [-0.05, 0) is 67.0 Å². The molecule has 1 unspecified atom stereocenters. The van der Waals surface area contributed by atoms with Crippen LogP contribution in [0.2, 0.25) is 0 Å². The second kappa shape index (κ2) is 10.3. The van der Waals surface area contributed by atoms with Gasteiger partial charge in [0.2, 0.25) is 10.0 Å². The van der Waals surface area contributed by atoms with Crippen LogP contribution in [0.15, 0.2) is 48.7 Å². The van der Waals surface area contributed by atoms with Crippen molar-refractivity contribution in [2.24, 2.45) is 5.73 Å². The molecule has 1 atom stereocenters. The van der Waals surface area contributed by atoms with Gasteiger partial charge in [-0.2, -0.15) is 0 Å². The molecule has 2 aromatic carbocycles. The van der Waals surface area contributed by atoms with E-state index in [-0.39, 0.29) is 17.8 Å². The third kappa shape index (κ3) is 5.20. The predicted octanol–water partition coefficient (Wildman–Crippen LogP) is 2.90. The molecular formula is C27H34N4O4S. The Morgan fingerprint density at radius 3 is 2.47 bits per heavy atom. The SMILES string of the molecule is NC(=O)c1cc(-c2ccccc2)cc2c(C3CCN(S(=O)(=O)CCCN4CCC(O)C4)CC3)c[nH]c12. The number of β-amino-alcohol motifs (C(OH)–C–C–N with tert-alkyl or cyclic N) is 1. The molecular weight excluding hydrogens is 476 g/mol. The van der Waals surface area contributed by atoms with Crippen molar-refractivity contribution < 1.29 is 18.3 Å². The lowest BCUT2D eigenvalue weighted by molar-refractivity contribution is 0.100. The maximum absolute atomic E-state index is 13.0. The number of sulfonamides is 1. The molecule has 5 rings (SSSR count). The molecule has 2 aliphatic heterocycles. The van der Waals surface area contributed by atoms with Crippen molar-refractivity contribution in [3.8, 4) is 11.1 Å². The first kappa shape index (κ1) is 25.0. The molecule has 0 radical (unpaired) electrons. The Bertz CT molecular complexity index is 1330. The van der Waals surface area contributed by atoms with Gasteiger partial charge >= 0.3 is 0 Å². The van der Waals surface area contributed by atoms with E-state index in [2.05, 4.69) is 16.0 Å². The van der Waals surface area contributed by atoms with Crippen LogP contribution in [0, 0.1) is 0 Å².